The Balaban J connectivity index is 1.48. The van der Waals surface area contributed by atoms with Gasteiger partial charge in [0.1, 0.15) is 0 Å². The highest BCUT2D eigenvalue weighted by atomic mass is 19.4. The van der Waals surface area contributed by atoms with E-state index in [1.54, 1.807) is 6.20 Å². The summed E-state index contributed by atoms with van der Waals surface area (Å²) in [5, 5.41) is 4.38. The van der Waals surface area contributed by atoms with Crippen LogP contribution >= 0.6 is 0 Å². The molecule has 0 aromatic carbocycles. The second kappa shape index (κ2) is 4.61. The molecule has 0 atom stereocenters. The summed E-state index contributed by atoms with van der Waals surface area (Å²) in [6.07, 6.45) is 2.33. The van der Waals surface area contributed by atoms with E-state index < -0.39 is 6.36 Å². The number of hydrogen-bond acceptors (Lipinski definition) is 4. The molecule has 21 heavy (non-hydrogen) atoms. The van der Waals surface area contributed by atoms with Gasteiger partial charge in [0, 0.05) is 25.3 Å². The van der Waals surface area contributed by atoms with Crippen molar-refractivity contribution in [3.8, 4) is 0 Å². The Morgan fingerprint density at radius 2 is 2.10 bits per heavy atom. The molecule has 2 bridgehead atoms. The van der Waals surface area contributed by atoms with Crippen molar-refractivity contribution in [3.05, 3.63) is 12.4 Å². The van der Waals surface area contributed by atoms with E-state index in [1.807, 2.05) is 22.8 Å². The monoisotopic (exact) mass is 304 g/mol. The topological polar surface area (TPSA) is 56.3 Å². The van der Waals surface area contributed by atoms with E-state index in [-0.39, 0.29) is 17.7 Å². The quantitative estimate of drug-likeness (QED) is 0.815. The highest BCUT2D eigenvalue weighted by Gasteiger charge is 2.67. The van der Waals surface area contributed by atoms with Gasteiger partial charge in [0.2, 0.25) is 0 Å². The summed E-state index contributed by atoms with van der Waals surface area (Å²) in [7, 11) is 1.83. The fraction of sp³-hybridized carbons (Fsp3) is 0.769. The second-order valence-corrected chi connectivity index (χ2v) is 6.33. The Kier molecular flexibility index (Phi) is 3.21. The van der Waals surface area contributed by atoms with Gasteiger partial charge in [-0.05, 0) is 25.7 Å². The zero-order valence-electron chi connectivity index (χ0n) is 11.9. The van der Waals surface area contributed by atoms with E-state index in [0.717, 1.165) is 24.9 Å². The molecular weight excluding hydrogens is 285 g/mol. The zero-order valence-corrected chi connectivity index (χ0v) is 11.9. The zero-order chi connectivity index (χ0) is 15.3. The fourth-order valence-electron chi connectivity index (χ4n) is 3.44. The smallest absolute Gasteiger partial charge is 0.372 e. The molecule has 5 nitrogen and oxygen atoms in total. The Labute approximate surface area is 120 Å². The Hall–Kier alpha value is -1.28. The minimum atomic E-state index is -4.55. The summed E-state index contributed by atoms with van der Waals surface area (Å²) in [4.78, 5) is 1.88. The third-order valence-corrected chi connectivity index (χ3v) is 4.44. The first-order valence-corrected chi connectivity index (χ1v) is 6.97. The van der Waals surface area contributed by atoms with Gasteiger partial charge in [-0.2, -0.15) is 5.10 Å². The lowest BCUT2D eigenvalue weighted by Crippen LogP contribution is -2.76. The van der Waals surface area contributed by atoms with Crippen molar-refractivity contribution in [3.63, 3.8) is 0 Å². The fourth-order valence-corrected chi connectivity index (χ4v) is 3.44. The maximum Gasteiger partial charge on any atom is 0.522 e. The van der Waals surface area contributed by atoms with Crippen molar-refractivity contribution < 1.29 is 17.9 Å². The molecule has 1 heterocycles. The van der Waals surface area contributed by atoms with Crippen LogP contribution in [0.15, 0.2) is 12.4 Å². The van der Waals surface area contributed by atoms with E-state index >= 15 is 0 Å². The van der Waals surface area contributed by atoms with Crippen molar-refractivity contribution in [2.75, 3.05) is 25.1 Å². The summed E-state index contributed by atoms with van der Waals surface area (Å²) in [5.41, 5.74) is 7.05. The van der Waals surface area contributed by atoms with Crippen LogP contribution in [0.1, 0.15) is 25.7 Å². The van der Waals surface area contributed by atoms with Gasteiger partial charge in [0.15, 0.2) is 0 Å². The number of anilines is 1. The molecule has 0 radical (unpaired) electrons. The van der Waals surface area contributed by atoms with Gasteiger partial charge in [-0.3, -0.25) is 9.42 Å². The van der Waals surface area contributed by atoms with Crippen LogP contribution in [-0.2, 0) is 10.3 Å². The number of halogens is 3. The molecule has 118 valence electrons. The van der Waals surface area contributed by atoms with Crippen LogP contribution in [-0.4, -0.2) is 41.9 Å². The third kappa shape index (κ3) is 2.74. The van der Waals surface area contributed by atoms with Gasteiger partial charge in [0.25, 0.3) is 0 Å². The number of ether oxygens (including phenoxy) is 1. The molecule has 0 saturated heterocycles. The van der Waals surface area contributed by atoms with E-state index in [2.05, 4.69) is 9.84 Å². The predicted octanol–water partition coefficient (Wildman–Crippen LogP) is 1.84. The lowest BCUT2D eigenvalue weighted by molar-refractivity contribution is -0.324. The number of aromatic nitrogens is 2. The summed E-state index contributed by atoms with van der Waals surface area (Å²) in [6.45, 7) is 0.150. The van der Waals surface area contributed by atoms with Gasteiger partial charge in [0.05, 0.1) is 24.0 Å². The lowest BCUT2D eigenvalue weighted by Gasteiger charge is -2.68. The molecule has 3 saturated carbocycles. The molecule has 4 rings (SSSR count). The van der Waals surface area contributed by atoms with E-state index in [0.29, 0.717) is 13.0 Å². The molecule has 0 unspecified atom stereocenters. The van der Waals surface area contributed by atoms with E-state index in [9.17, 15) is 13.2 Å². The highest BCUT2D eigenvalue weighted by molar-refractivity contribution is 5.42. The van der Waals surface area contributed by atoms with E-state index in [4.69, 9.17) is 5.73 Å². The van der Waals surface area contributed by atoms with Gasteiger partial charge in [-0.15, -0.1) is 13.2 Å². The number of rotatable bonds is 6. The number of nitrogens with two attached hydrogens (primary N) is 1. The Morgan fingerprint density at radius 3 is 2.67 bits per heavy atom. The van der Waals surface area contributed by atoms with Crippen molar-refractivity contribution in [1.82, 2.24) is 9.78 Å². The van der Waals surface area contributed by atoms with Crippen molar-refractivity contribution in [1.29, 1.82) is 0 Å². The molecule has 3 aliphatic carbocycles. The first-order chi connectivity index (χ1) is 9.72. The molecule has 1 aromatic rings. The van der Waals surface area contributed by atoms with Crippen LogP contribution in [0.4, 0.5) is 18.9 Å². The molecule has 0 aliphatic heterocycles. The normalized spacial score (nSPS) is 30.7. The number of hydrogen-bond donors (Lipinski definition) is 1. The molecule has 3 aliphatic rings. The maximum atomic E-state index is 11.9. The maximum absolute atomic E-state index is 11.9. The van der Waals surface area contributed by atoms with Gasteiger partial charge >= 0.3 is 6.36 Å². The molecular formula is C13H19F3N4O. The average molecular weight is 304 g/mol. The predicted molar refractivity (Wildman–Crippen MR) is 70.9 cm³/mol. The van der Waals surface area contributed by atoms with Gasteiger partial charge in [-0.1, -0.05) is 0 Å². The minimum Gasteiger partial charge on any atom is -0.372 e. The Bertz CT molecular complexity index is 508. The van der Waals surface area contributed by atoms with Crippen LogP contribution in [0.5, 0.6) is 0 Å². The molecule has 1 aromatic heterocycles. The Morgan fingerprint density at radius 1 is 1.43 bits per heavy atom. The van der Waals surface area contributed by atoms with E-state index in [1.165, 1.54) is 0 Å². The van der Waals surface area contributed by atoms with Crippen molar-refractivity contribution >= 4 is 5.69 Å². The molecule has 0 amide bonds. The average Bonchev–Trinajstić information content (AvgIpc) is 2.77. The molecule has 2 N–H and O–H groups in total. The van der Waals surface area contributed by atoms with Crippen LogP contribution in [0.3, 0.4) is 0 Å². The summed E-state index contributed by atoms with van der Waals surface area (Å²) < 4.78 is 41.3. The standard InChI is InChI=1S/C13H19F3N4O/c1-19(3-2-4-21-13(14,15)16)10-5-18-20(6-10)12-7-11(17,8-12)9-12/h5-6H,2-4,7-9,17H2,1H3. The first kappa shape index (κ1) is 14.6. The van der Waals surface area contributed by atoms with Crippen LogP contribution in [0.25, 0.3) is 0 Å². The SMILES string of the molecule is CN(CCCOC(F)(F)F)c1cnn(C23CC(N)(C2)C3)c1. The number of alkyl halides is 3. The molecule has 3 fully saturated rings. The highest BCUT2D eigenvalue weighted by Crippen LogP contribution is 2.63. The summed E-state index contributed by atoms with van der Waals surface area (Å²) >= 11 is 0. The van der Waals surface area contributed by atoms with Crippen molar-refractivity contribution in [2.45, 2.75) is 43.1 Å². The first-order valence-electron chi connectivity index (χ1n) is 6.97. The molecule has 8 heteroatoms. The molecule has 0 spiro atoms. The lowest BCUT2D eigenvalue weighted by atomic mass is 9.45. The second-order valence-electron chi connectivity index (χ2n) is 6.33. The van der Waals surface area contributed by atoms with Crippen LogP contribution in [0, 0.1) is 0 Å². The van der Waals surface area contributed by atoms with Gasteiger partial charge in [-0.25, -0.2) is 0 Å². The summed E-state index contributed by atoms with van der Waals surface area (Å²) in [5.74, 6) is 0. The van der Waals surface area contributed by atoms with Crippen LogP contribution in [0.2, 0.25) is 0 Å². The van der Waals surface area contributed by atoms with Crippen LogP contribution < -0.4 is 10.6 Å². The third-order valence-electron chi connectivity index (χ3n) is 4.44. The van der Waals surface area contributed by atoms with Crippen molar-refractivity contribution in [2.24, 2.45) is 5.73 Å². The summed E-state index contributed by atoms with van der Waals surface area (Å²) in [6, 6.07) is 0. The number of nitrogens with zero attached hydrogens (tertiary/aromatic N) is 3. The largest absolute Gasteiger partial charge is 0.522 e. The minimum absolute atomic E-state index is 0.0208. The van der Waals surface area contributed by atoms with Gasteiger partial charge < -0.3 is 10.6 Å².